The molecule has 20 heavy (non-hydrogen) atoms. The number of nitrogens with one attached hydrogen (secondary N) is 2. The largest absolute Gasteiger partial charge is 0.354 e. The average molecular weight is 277 g/mol. The first-order chi connectivity index (χ1) is 9.45. The minimum atomic E-state index is -0.00181. The highest BCUT2D eigenvalue weighted by atomic mass is 16.2. The summed E-state index contributed by atoms with van der Waals surface area (Å²) in [4.78, 5) is 29.2. The molecule has 2 N–H and O–H groups in total. The minimum Gasteiger partial charge on any atom is -0.354 e. The Morgan fingerprint density at radius 3 is 2.60 bits per heavy atom. The number of carbonyl (C=O) groups excluding carboxylic acids is 2. The minimum absolute atomic E-state index is 0.00181. The van der Waals surface area contributed by atoms with Gasteiger partial charge in [0.2, 0.25) is 0 Å². The highest BCUT2D eigenvalue weighted by molar-refractivity contribution is 6.02. The number of piperidine rings is 1. The van der Waals surface area contributed by atoms with Crippen LogP contribution in [0.5, 0.6) is 0 Å². The van der Waals surface area contributed by atoms with Crippen LogP contribution in [0.4, 0.5) is 0 Å². The molecule has 0 aliphatic carbocycles. The van der Waals surface area contributed by atoms with Crippen LogP contribution in [0.25, 0.3) is 0 Å². The van der Waals surface area contributed by atoms with Gasteiger partial charge in [0.15, 0.2) is 5.78 Å². The van der Waals surface area contributed by atoms with E-state index in [0.29, 0.717) is 17.3 Å². The Morgan fingerprint density at radius 1 is 1.35 bits per heavy atom. The number of amides is 1. The molecule has 0 saturated carbocycles. The van der Waals surface area contributed by atoms with Crippen molar-refractivity contribution in [2.75, 3.05) is 20.1 Å². The van der Waals surface area contributed by atoms with Crippen molar-refractivity contribution in [2.45, 2.75) is 39.7 Å². The fraction of sp³-hybridized carbons (Fsp3) is 0.600. The highest BCUT2D eigenvalue weighted by Crippen LogP contribution is 2.21. The average Bonchev–Trinajstić information content (AvgIpc) is 2.73. The fourth-order valence-corrected chi connectivity index (χ4v) is 3.05. The Balaban J connectivity index is 2.25. The van der Waals surface area contributed by atoms with Gasteiger partial charge in [-0.15, -0.1) is 0 Å². The molecular formula is C15H23N3O2. The van der Waals surface area contributed by atoms with Gasteiger partial charge in [0, 0.05) is 30.4 Å². The second-order valence-electron chi connectivity index (χ2n) is 5.56. The maximum absolute atomic E-state index is 12.6. The third-order valence-corrected chi connectivity index (χ3v) is 4.12. The van der Waals surface area contributed by atoms with Crippen molar-refractivity contribution in [3.63, 3.8) is 0 Å². The van der Waals surface area contributed by atoms with Gasteiger partial charge < -0.3 is 15.2 Å². The molecule has 1 fully saturated rings. The monoisotopic (exact) mass is 277 g/mol. The molecule has 2 heterocycles. The van der Waals surface area contributed by atoms with E-state index >= 15 is 0 Å². The summed E-state index contributed by atoms with van der Waals surface area (Å²) in [5.74, 6) is 0.0000885. The number of hydrogen-bond donors (Lipinski definition) is 2. The molecule has 5 nitrogen and oxygen atoms in total. The van der Waals surface area contributed by atoms with Crippen molar-refractivity contribution in [1.29, 1.82) is 0 Å². The van der Waals surface area contributed by atoms with Gasteiger partial charge in [0.25, 0.3) is 5.91 Å². The lowest BCUT2D eigenvalue weighted by molar-refractivity contribution is 0.0692. The van der Waals surface area contributed by atoms with Gasteiger partial charge in [-0.3, -0.25) is 9.59 Å². The quantitative estimate of drug-likeness (QED) is 0.826. The smallest absolute Gasteiger partial charge is 0.270 e. The summed E-state index contributed by atoms with van der Waals surface area (Å²) in [6.45, 7) is 6.72. The van der Waals surface area contributed by atoms with E-state index in [1.807, 2.05) is 25.8 Å². The van der Waals surface area contributed by atoms with Crippen LogP contribution in [0, 0.1) is 13.8 Å². The summed E-state index contributed by atoms with van der Waals surface area (Å²) in [6.07, 6.45) is 2.11. The summed E-state index contributed by atoms with van der Waals surface area (Å²) < 4.78 is 0. The first-order valence-electron chi connectivity index (χ1n) is 7.12. The molecule has 1 aromatic heterocycles. The number of rotatable bonds is 3. The van der Waals surface area contributed by atoms with Crippen LogP contribution in [-0.4, -0.2) is 47.8 Å². The van der Waals surface area contributed by atoms with Gasteiger partial charge in [0.05, 0.1) is 0 Å². The number of H-pyrrole nitrogens is 1. The lowest BCUT2D eigenvalue weighted by Crippen LogP contribution is -2.47. The zero-order chi connectivity index (χ0) is 14.9. The van der Waals surface area contributed by atoms with E-state index in [2.05, 4.69) is 10.3 Å². The van der Waals surface area contributed by atoms with Crippen LogP contribution < -0.4 is 5.32 Å². The number of carbonyl (C=O) groups is 2. The number of likely N-dealkylation sites (tertiary alicyclic amines) is 1. The lowest BCUT2D eigenvalue weighted by atomic mass is 10.0. The number of aryl methyl sites for hydroxylation is 1. The standard InChI is InChI=1S/C15H23N3O2/c1-9-13(11(3)19)10(2)17-14(9)15(20)18-7-5-6-12(8-18)16-4/h12,16-17H,5-8H2,1-4H3. The molecule has 2 rings (SSSR count). The first-order valence-corrected chi connectivity index (χ1v) is 7.12. The molecule has 0 radical (unpaired) electrons. The highest BCUT2D eigenvalue weighted by Gasteiger charge is 2.27. The fourth-order valence-electron chi connectivity index (χ4n) is 3.05. The van der Waals surface area contributed by atoms with Crippen molar-refractivity contribution < 1.29 is 9.59 Å². The maximum Gasteiger partial charge on any atom is 0.270 e. The first kappa shape index (κ1) is 14.8. The van der Waals surface area contributed by atoms with E-state index in [-0.39, 0.29) is 11.7 Å². The van der Waals surface area contributed by atoms with E-state index in [1.165, 1.54) is 6.92 Å². The summed E-state index contributed by atoms with van der Waals surface area (Å²) >= 11 is 0. The van der Waals surface area contributed by atoms with Crippen LogP contribution in [-0.2, 0) is 0 Å². The van der Waals surface area contributed by atoms with Gasteiger partial charge in [-0.05, 0) is 46.2 Å². The molecule has 1 saturated heterocycles. The predicted molar refractivity (Wildman–Crippen MR) is 78.3 cm³/mol. The molecule has 110 valence electrons. The second-order valence-corrected chi connectivity index (χ2v) is 5.56. The number of Topliss-reactive ketones (excluding diaryl/α,β-unsaturated/α-hetero) is 1. The Hall–Kier alpha value is -1.62. The second kappa shape index (κ2) is 5.79. The summed E-state index contributed by atoms with van der Waals surface area (Å²) in [5.41, 5.74) is 2.76. The number of likely N-dealkylation sites (N-methyl/N-ethyl adjacent to an activating group) is 1. The third kappa shape index (κ3) is 2.63. The van der Waals surface area contributed by atoms with Gasteiger partial charge in [0.1, 0.15) is 5.69 Å². The van der Waals surface area contributed by atoms with Crippen molar-refractivity contribution in [3.8, 4) is 0 Å². The Kier molecular flexibility index (Phi) is 4.28. The molecule has 1 atom stereocenters. The van der Waals surface area contributed by atoms with E-state index < -0.39 is 0 Å². The normalized spacial score (nSPS) is 19.2. The molecule has 0 spiro atoms. The number of aromatic amines is 1. The van der Waals surface area contributed by atoms with Crippen molar-refractivity contribution in [3.05, 3.63) is 22.5 Å². The number of nitrogens with zero attached hydrogens (tertiary/aromatic N) is 1. The lowest BCUT2D eigenvalue weighted by Gasteiger charge is -2.32. The van der Waals surface area contributed by atoms with Crippen LogP contribution in [0.2, 0.25) is 0 Å². The van der Waals surface area contributed by atoms with E-state index in [1.54, 1.807) is 0 Å². The van der Waals surface area contributed by atoms with E-state index in [9.17, 15) is 9.59 Å². The SMILES string of the molecule is CNC1CCCN(C(=O)c2[nH]c(C)c(C(C)=O)c2C)C1. The topological polar surface area (TPSA) is 65.2 Å². The van der Waals surface area contributed by atoms with Gasteiger partial charge in [-0.25, -0.2) is 0 Å². The van der Waals surface area contributed by atoms with Gasteiger partial charge in [-0.2, -0.15) is 0 Å². The van der Waals surface area contributed by atoms with E-state index in [0.717, 1.165) is 37.2 Å². The molecule has 1 aromatic rings. The maximum atomic E-state index is 12.6. The molecule has 0 aromatic carbocycles. The molecular weight excluding hydrogens is 254 g/mol. The predicted octanol–water partition coefficient (Wildman–Crippen LogP) is 1.66. The third-order valence-electron chi connectivity index (χ3n) is 4.12. The van der Waals surface area contributed by atoms with Crippen LogP contribution in [0.1, 0.15) is 51.9 Å². The summed E-state index contributed by atoms with van der Waals surface area (Å²) in [7, 11) is 1.93. The van der Waals surface area contributed by atoms with Gasteiger partial charge in [-0.1, -0.05) is 0 Å². The molecule has 0 bridgehead atoms. The summed E-state index contributed by atoms with van der Waals surface area (Å²) in [5, 5.41) is 3.23. The molecule has 1 unspecified atom stereocenters. The van der Waals surface area contributed by atoms with Gasteiger partial charge >= 0.3 is 0 Å². The van der Waals surface area contributed by atoms with Crippen molar-refractivity contribution >= 4 is 11.7 Å². The zero-order valence-corrected chi connectivity index (χ0v) is 12.7. The van der Waals surface area contributed by atoms with Crippen molar-refractivity contribution in [2.24, 2.45) is 0 Å². The number of ketones is 1. The Morgan fingerprint density at radius 2 is 2.05 bits per heavy atom. The van der Waals surface area contributed by atoms with E-state index in [4.69, 9.17) is 0 Å². The summed E-state index contributed by atoms with van der Waals surface area (Å²) in [6, 6.07) is 0.358. The molecule has 1 amide bonds. The molecule has 1 aliphatic heterocycles. The van der Waals surface area contributed by atoms with Crippen LogP contribution >= 0.6 is 0 Å². The van der Waals surface area contributed by atoms with Crippen LogP contribution in [0.15, 0.2) is 0 Å². The van der Waals surface area contributed by atoms with Crippen molar-refractivity contribution in [1.82, 2.24) is 15.2 Å². The number of hydrogen-bond acceptors (Lipinski definition) is 3. The zero-order valence-electron chi connectivity index (χ0n) is 12.7. The number of aromatic nitrogens is 1. The Bertz CT molecular complexity index is 533. The molecule has 1 aliphatic rings. The Labute approximate surface area is 119 Å². The van der Waals surface area contributed by atoms with Crippen LogP contribution in [0.3, 0.4) is 0 Å². The molecule has 5 heteroatoms.